The second-order valence-corrected chi connectivity index (χ2v) is 9.13. The Kier molecular flexibility index (Phi) is 6.54. The van der Waals surface area contributed by atoms with E-state index in [0.717, 1.165) is 11.0 Å². The third-order valence-electron chi connectivity index (χ3n) is 4.90. The first kappa shape index (κ1) is 22.0. The number of hydrogen-bond acceptors (Lipinski definition) is 7. The van der Waals surface area contributed by atoms with E-state index in [1.54, 1.807) is 19.1 Å². The number of rotatable bonds is 7. The number of amides is 1. The lowest BCUT2D eigenvalue weighted by Crippen LogP contribution is -2.40. The zero-order chi connectivity index (χ0) is 22.6. The van der Waals surface area contributed by atoms with Crippen LogP contribution in [-0.2, 0) is 24.4 Å². The standard InChI is InChI=1S/C22H23N3O6S/c1-16(21-13-17-5-2-3-8-20(17)31-21)24-30-15-22(26)23-18-6-4-7-19(14-18)32(27,28)25-9-11-29-12-10-25/h2-8,13-14H,9-12,15H2,1H3,(H,23,26). The molecule has 1 aliphatic heterocycles. The highest BCUT2D eigenvalue weighted by atomic mass is 32.2. The molecule has 1 saturated heterocycles. The lowest BCUT2D eigenvalue weighted by Gasteiger charge is -2.26. The number of nitrogens with one attached hydrogen (secondary N) is 1. The van der Waals surface area contributed by atoms with Crippen molar-refractivity contribution >= 4 is 38.3 Å². The van der Waals surface area contributed by atoms with Gasteiger partial charge in [0.2, 0.25) is 10.0 Å². The average molecular weight is 458 g/mol. The Labute approximate surface area is 185 Å². The Morgan fingerprint density at radius 1 is 1.12 bits per heavy atom. The summed E-state index contributed by atoms with van der Waals surface area (Å²) in [4.78, 5) is 17.5. The molecule has 1 amide bonds. The van der Waals surface area contributed by atoms with E-state index in [4.69, 9.17) is 14.0 Å². The van der Waals surface area contributed by atoms with E-state index in [1.165, 1.54) is 16.4 Å². The molecule has 168 valence electrons. The molecule has 0 radical (unpaired) electrons. The summed E-state index contributed by atoms with van der Waals surface area (Å²) >= 11 is 0. The Bertz CT molecular complexity index is 1210. The van der Waals surface area contributed by atoms with Crippen molar-refractivity contribution in [1.29, 1.82) is 0 Å². The number of ether oxygens (including phenoxy) is 1. The molecule has 2 aromatic carbocycles. The van der Waals surface area contributed by atoms with Crippen molar-refractivity contribution in [1.82, 2.24) is 4.31 Å². The fraction of sp³-hybridized carbons (Fsp3) is 0.273. The first-order valence-electron chi connectivity index (χ1n) is 10.1. The number of hydrogen-bond donors (Lipinski definition) is 1. The molecule has 0 unspecified atom stereocenters. The Balaban J connectivity index is 1.36. The zero-order valence-corrected chi connectivity index (χ0v) is 18.3. The first-order chi connectivity index (χ1) is 15.4. The molecule has 32 heavy (non-hydrogen) atoms. The smallest absolute Gasteiger partial charge is 0.265 e. The van der Waals surface area contributed by atoms with Crippen LogP contribution in [0.3, 0.4) is 0 Å². The number of morpholine rings is 1. The van der Waals surface area contributed by atoms with Crippen LogP contribution < -0.4 is 5.32 Å². The molecule has 2 heterocycles. The van der Waals surface area contributed by atoms with Gasteiger partial charge < -0.3 is 19.3 Å². The molecule has 0 atom stereocenters. The molecular weight excluding hydrogens is 434 g/mol. The van der Waals surface area contributed by atoms with Crippen LogP contribution in [0, 0.1) is 0 Å². The lowest BCUT2D eigenvalue weighted by atomic mass is 10.2. The molecular formula is C22H23N3O6S. The number of oxime groups is 1. The number of nitrogens with zero attached hydrogens (tertiary/aromatic N) is 2. The van der Waals surface area contributed by atoms with E-state index in [1.807, 2.05) is 30.3 Å². The van der Waals surface area contributed by atoms with Crippen molar-refractivity contribution in [3.8, 4) is 0 Å². The summed E-state index contributed by atoms with van der Waals surface area (Å²) < 4.78 is 37.8. The second-order valence-electron chi connectivity index (χ2n) is 7.19. The Morgan fingerprint density at radius 3 is 2.69 bits per heavy atom. The third kappa shape index (κ3) is 4.98. The van der Waals surface area contributed by atoms with Gasteiger partial charge >= 0.3 is 0 Å². The van der Waals surface area contributed by atoms with E-state index in [9.17, 15) is 13.2 Å². The van der Waals surface area contributed by atoms with Gasteiger partial charge in [-0.15, -0.1) is 0 Å². The van der Waals surface area contributed by atoms with Gasteiger partial charge in [0.05, 0.1) is 18.1 Å². The molecule has 1 aliphatic rings. The van der Waals surface area contributed by atoms with Gasteiger partial charge in [-0.3, -0.25) is 4.79 Å². The van der Waals surface area contributed by atoms with Crippen LogP contribution in [0.2, 0.25) is 0 Å². The molecule has 0 saturated carbocycles. The summed E-state index contributed by atoms with van der Waals surface area (Å²) in [6.07, 6.45) is 0. The number of sulfonamides is 1. The Hall–Kier alpha value is -3.21. The maximum Gasteiger partial charge on any atom is 0.265 e. The van der Waals surface area contributed by atoms with E-state index in [-0.39, 0.29) is 11.5 Å². The van der Waals surface area contributed by atoms with E-state index in [2.05, 4.69) is 10.5 Å². The van der Waals surface area contributed by atoms with Crippen molar-refractivity contribution in [3.63, 3.8) is 0 Å². The number of fused-ring (bicyclic) bond motifs is 1. The maximum absolute atomic E-state index is 12.8. The highest BCUT2D eigenvalue weighted by molar-refractivity contribution is 7.89. The minimum absolute atomic E-state index is 0.108. The Morgan fingerprint density at radius 2 is 1.91 bits per heavy atom. The van der Waals surface area contributed by atoms with Gasteiger partial charge in [0.1, 0.15) is 11.3 Å². The zero-order valence-electron chi connectivity index (χ0n) is 17.5. The maximum atomic E-state index is 12.8. The number of anilines is 1. The van der Waals surface area contributed by atoms with Crippen LogP contribution in [0.5, 0.6) is 0 Å². The number of carbonyl (C=O) groups excluding carboxylic acids is 1. The van der Waals surface area contributed by atoms with E-state index >= 15 is 0 Å². The molecule has 4 rings (SSSR count). The summed E-state index contributed by atoms with van der Waals surface area (Å²) in [5.41, 5.74) is 1.58. The number of benzene rings is 2. The minimum Gasteiger partial charge on any atom is -0.455 e. The van der Waals surface area contributed by atoms with Crippen molar-refractivity contribution in [3.05, 3.63) is 60.4 Å². The van der Waals surface area contributed by atoms with Gasteiger partial charge in [0.25, 0.3) is 5.91 Å². The summed E-state index contributed by atoms with van der Waals surface area (Å²) in [6, 6.07) is 15.5. The fourth-order valence-electron chi connectivity index (χ4n) is 3.26. The van der Waals surface area contributed by atoms with Crippen LogP contribution in [0.15, 0.2) is 69.1 Å². The van der Waals surface area contributed by atoms with Crippen LogP contribution >= 0.6 is 0 Å². The fourth-order valence-corrected chi connectivity index (χ4v) is 4.71. The van der Waals surface area contributed by atoms with Crippen LogP contribution in [0.25, 0.3) is 11.0 Å². The highest BCUT2D eigenvalue weighted by Gasteiger charge is 2.26. The van der Waals surface area contributed by atoms with Gasteiger partial charge in [-0.2, -0.15) is 4.31 Å². The predicted octanol–water partition coefficient (Wildman–Crippen LogP) is 2.83. The molecule has 3 aromatic rings. The molecule has 0 aliphatic carbocycles. The molecule has 1 fully saturated rings. The normalized spacial score (nSPS) is 15.6. The molecule has 9 nitrogen and oxygen atoms in total. The highest BCUT2D eigenvalue weighted by Crippen LogP contribution is 2.21. The second kappa shape index (κ2) is 9.51. The first-order valence-corrected chi connectivity index (χ1v) is 11.5. The predicted molar refractivity (Wildman–Crippen MR) is 119 cm³/mol. The van der Waals surface area contributed by atoms with Crippen molar-refractivity contribution < 1.29 is 27.2 Å². The largest absolute Gasteiger partial charge is 0.455 e. The van der Waals surface area contributed by atoms with E-state index < -0.39 is 15.9 Å². The van der Waals surface area contributed by atoms with Gasteiger partial charge in [-0.05, 0) is 37.3 Å². The SMILES string of the molecule is CC(=NOCC(=O)Nc1cccc(S(=O)(=O)N2CCOCC2)c1)c1cc2ccccc2o1. The third-order valence-corrected chi connectivity index (χ3v) is 6.80. The average Bonchev–Trinajstić information content (AvgIpc) is 3.24. The van der Waals surface area contributed by atoms with Gasteiger partial charge in [-0.25, -0.2) is 8.42 Å². The summed E-state index contributed by atoms with van der Waals surface area (Å²) in [6.45, 7) is 2.71. The van der Waals surface area contributed by atoms with Crippen molar-refractivity contribution in [2.75, 3.05) is 38.2 Å². The number of para-hydroxylation sites is 1. The number of carbonyl (C=O) groups is 1. The van der Waals surface area contributed by atoms with Gasteiger partial charge in [0, 0.05) is 24.2 Å². The molecule has 10 heteroatoms. The van der Waals surface area contributed by atoms with Crippen LogP contribution in [0.4, 0.5) is 5.69 Å². The topological polar surface area (TPSA) is 110 Å². The van der Waals surface area contributed by atoms with Gasteiger partial charge in [0.15, 0.2) is 12.4 Å². The van der Waals surface area contributed by atoms with Crippen LogP contribution in [0.1, 0.15) is 12.7 Å². The minimum atomic E-state index is -3.65. The summed E-state index contributed by atoms with van der Waals surface area (Å²) in [7, 11) is -3.65. The summed E-state index contributed by atoms with van der Waals surface area (Å²) in [5.74, 6) is 0.0831. The molecule has 0 bridgehead atoms. The lowest BCUT2D eigenvalue weighted by molar-refractivity contribution is -0.120. The molecule has 1 N–H and O–H groups in total. The monoisotopic (exact) mass is 457 g/mol. The quantitative estimate of drug-likeness (QED) is 0.432. The van der Waals surface area contributed by atoms with Crippen LogP contribution in [-0.4, -0.2) is 57.3 Å². The summed E-state index contributed by atoms with van der Waals surface area (Å²) in [5, 5.41) is 7.51. The van der Waals surface area contributed by atoms with Crippen molar-refractivity contribution in [2.24, 2.45) is 5.16 Å². The van der Waals surface area contributed by atoms with Crippen molar-refractivity contribution in [2.45, 2.75) is 11.8 Å². The molecule has 0 spiro atoms. The number of furan rings is 1. The van der Waals surface area contributed by atoms with Gasteiger partial charge in [-0.1, -0.05) is 29.4 Å². The molecule has 1 aromatic heterocycles. The van der Waals surface area contributed by atoms with E-state index in [0.29, 0.717) is 43.5 Å².